The lowest BCUT2D eigenvalue weighted by Crippen LogP contribution is -1.66. The van der Waals surface area contributed by atoms with Gasteiger partial charge in [0.25, 0.3) is 0 Å². The van der Waals surface area contributed by atoms with Gasteiger partial charge in [-0.3, -0.25) is 0 Å². The summed E-state index contributed by atoms with van der Waals surface area (Å²) in [5, 5.41) is 0. The van der Waals surface area contributed by atoms with Crippen LogP contribution in [-0.4, -0.2) is 4.98 Å². The maximum absolute atomic E-state index is 3.07. The average Bonchev–Trinajstić information content (AvgIpc) is 2.15. The normalized spacial score (nSPS) is 12.5. The summed E-state index contributed by atoms with van der Waals surface area (Å²) in [6.45, 7) is 0. The van der Waals surface area contributed by atoms with Crippen molar-refractivity contribution >= 4 is 12.2 Å². The Bertz CT molecular complexity index is 239. The van der Waals surface area contributed by atoms with Crippen LogP contribution in [0.2, 0.25) is 0 Å². The molecule has 0 saturated heterocycles. The quantitative estimate of drug-likeness (QED) is 0.488. The molecule has 8 heavy (non-hydrogen) atoms. The molecule has 1 heteroatoms. The third-order valence-electron chi connectivity index (χ3n) is 1.28. The zero-order chi connectivity index (χ0) is 5.40. The molecule has 0 bridgehead atoms. The zero-order valence-corrected chi connectivity index (χ0v) is 4.31. The largest absolute Gasteiger partial charge is 0.361 e. The van der Waals surface area contributed by atoms with Crippen LogP contribution < -0.4 is 0 Å². The standard InChI is InChI=1S/C7H5N/c1-2-6-4-5-8-7(6)3-1/h2-5,8H. The smallest absolute Gasteiger partial charge is 0.0538 e. The van der Waals surface area contributed by atoms with Gasteiger partial charge in [0, 0.05) is 17.8 Å². The first-order chi connectivity index (χ1) is 3.97. The Morgan fingerprint density at radius 1 is 1.38 bits per heavy atom. The molecule has 0 radical (unpaired) electrons. The minimum atomic E-state index is 1.17. The summed E-state index contributed by atoms with van der Waals surface area (Å²) in [5.41, 5.74) is 5.40. The summed E-state index contributed by atoms with van der Waals surface area (Å²) in [4.78, 5) is 3.07. The van der Waals surface area contributed by atoms with Gasteiger partial charge in [-0.05, 0) is 12.1 Å². The van der Waals surface area contributed by atoms with Crippen LogP contribution in [0.15, 0.2) is 18.0 Å². The van der Waals surface area contributed by atoms with Crippen molar-refractivity contribution in [1.29, 1.82) is 0 Å². The lowest BCUT2D eigenvalue weighted by molar-refractivity contribution is 1.38. The highest BCUT2D eigenvalue weighted by molar-refractivity contribution is 5.70. The molecule has 38 valence electrons. The molecule has 0 spiro atoms. The maximum Gasteiger partial charge on any atom is 0.0538 e. The first-order valence-electron chi connectivity index (χ1n) is 2.57. The van der Waals surface area contributed by atoms with E-state index in [-0.39, 0.29) is 0 Å². The highest BCUT2D eigenvalue weighted by atomic mass is 14.7. The number of H-pyrrole nitrogens is 1. The van der Waals surface area contributed by atoms with E-state index in [9.17, 15) is 0 Å². The van der Waals surface area contributed by atoms with Gasteiger partial charge >= 0.3 is 0 Å². The number of hydrogen-bond donors (Lipinski definition) is 1. The molecule has 2 rings (SSSR count). The molecule has 0 aromatic carbocycles. The third-order valence-corrected chi connectivity index (χ3v) is 1.28. The van der Waals surface area contributed by atoms with Gasteiger partial charge in [0.15, 0.2) is 0 Å². The van der Waals surface area contributed by atoms with Crippen molar-refractivity contribution in [2.24, 2.45) is 0 Å². The Kier molecular flexibility index (Phi) is 0.538. The molecule has 0 fully saturated rings. The average molecular weight is 103 g/mol. The zero-order valence-electron chi connectivity index (χ0n) is 4.31. The van der Waals surface area contributed by atoms with Gasteiger partial charge in [-0.2, -0.15) is 0 Å². The second-order valence-electron chi connectivity index (χ2n) is 1.80. The highest BCUT2D eigenvalue weighted by Crippen LogP contribution is 2.13. The van der Waals surface area contributed by atoms with E-state index >= 15 is 0 Å². The van der Waals surface area contributed by atoms with Crippen molar-refractivity contribution in [1.82, 2.24) is 4.98 Å². The van der Waals surface area contributed by atoms with Gasteiger partial charge in [-0.25, -0.2) is 0 Å². The molecule has 1 aliphatic carbocycles. The van der Waals surface area contributed by atoms with E-state index in [1.54, 1.807) is 0 Å². The molecule has 0 amide bonds. The molecular formula is C7H5N. The summed E-state index contributed by atoms with van der Waals surface area (Å²) in [7, 11) is 0. The van der Waals surface area contributed by atoms with Gasteiger partial charge < -0.3 is 4.98 Å². The minimum Gasteiger partial charge on any atom is -0.361 e. The Morgan fingerprint density at radius 3 is 3.25 bits per heavy atom. The predicted molar refractivity (Wildman–Crippen MR) is 33.2 cm³/mol. The molecule has 1 heterocycles. The van der Waals surface area contributed by atoms with Gasteiger partial charge in [-0.1, -0.05) is 0 Å². The van der Waals surface area contributed by atoms with E-state index in [0.717, 1.165) is 0 Å². The molecule has 0 saturated carbocycles. The van der Waals surface area contributed by atoms with E-state index < -0.39 is 0 Å². The maximum atomic E-state index is 3.07. The van der Waals surface area contributed by atoms with Crippen LogP contribution in [0.25, 0.3) is 12.2 Å². The van der Waals surface area contributed by atoms with Crippen molar-refractivity contribution in [3.8, 4) is 0 Å². The predicted octanol–water partition coefficient (Wildman–Crippen LogP) is 1.65. The van der Waals surface area contributed by atoms with Crippen LogP contribution in [0.1, 0.15) is 11.3 Å². The fraction of sp³-hybridized carbons (Fsp3) is 0. The van der Waals surface area contributed by atoms with Gasteiger partial charge in [0.2, 0.25) is 0 Å². The fourth-order valence-corrected chi connectivity index (χ4v) is 0.860. The van der Waals surface area contributed by atoms with Crippen LogP contribution >= 0.6 is 0 Å². The number of aromatic amines is 1. The molecule has 1 aliphatic rings. The Labute approximate surface area is 47.4 Å². The first kappa shape index (κ1) is 3.76. The highest BCUT2D eigenvalue weighted by Gasteiger charge is 1.97. The van der Waals surface area contributed by atoms with E-state index in [1.165, 1.54) is 11.3 Å². The Balaban J connectivity index is 2.78. The number of hydrogen-bond acceptors (Lipinski definition) is 0. The topological polar surface area (TPSA) is 15.8 Å². The summed E-state index contributed by atoms with van der Waals surface area (Å²) in [6.07, 6.45) is 5.83. The first-order valence-corrected chi connectivity index (χ1v) is 2.57. The molecule has 1 N–H and O–H groups in total. The summed E-state index contributed by atoms with van der Waals surface area (Å²) >= 11 is 0. The molecule has 0 atom stereocenters. The van der Waals surface area contributed by atoms with Gasteiger partial charge in [0.1, 0.15) is 0 Å². The molecule has 1 aromatic rings. The van der Waals surface area contributed by atoms with Crippen molar-refractivity contribution in [3.05, 3.63) is 29.3 Å². The van der Waals surface area contributed by atoms with Crippen LogP contribution in [0.4, 0.5) is 0 Å². The van der Waals surface area contributed by atoms with Crippen molar-refractivity contribution in [2.45, 2.75) is 0 Å². The van der Waals surface area contributed by atoms with Crippen LogP contribution in [0.3, 0.4) is 0 Å². The summed E-state index contributed by atoms with van der Waals surface area (Å²) in [5.74, 6) is 0. The second-order valence-corrected chi connectivity index (χ2v) is 1.80. The van der Waals surface area contributed by atoms with E-state index in [0.29, 0.717) is 0 Å². The third kappa shape index (κ3) is 0.316. The SMILES string of the molecule is C1=Cc2cc[nH]c2C=1. The summed E-state index contributed by atoms with van der Waals surface area (Å²) < 4.78 is 0. The molecule has 1 nitrogen and oxygen atoms in total. The molecule has 1 aromatic heterocycles. The van der Waals surface area contributed by atoms with Crippen LogP contribution in [0, 0.1) is 0 Å². The van der Waals surface area contributed by atoms with Crippen molar-refractivity contribution in [3.63, 3.8) is 0 Å². The number of aromatic nitrogens is 1. The number of rotatable bonds is 0. The minimum absolute atomic E-state index is 1.17. The van der Waals surface area contributed by atoms with Gasteiger partial charge in [-0.15, -0.1) is 5.73 Å². The molecule has 0 unspecified atom stereocenters. The van der Waals surface area contributed by atoms with E-state index in [1.807, 2.05) is 24.4 Å². The lowest BCUT2D eigenvalue weighted by atomic mass is 10.3. The lowest BCUT2D eigenvalue weighted by Gasteiger charge is -1.78. The number of nitrogens with one attached hydrogen (secondary N) is 1. The van der Waals surface area contributed by atoms with Crippen LogP contribution in [-0.2, 0) is 0 Å². The van der Waals surface area contributed by atoms with E-state index in [4.69, 9.17) is 0 Å². The molecular weight excluding hydrogens is 98.1 g/mol. The fourth-order valence-electron chi connectivity index (χ4n) is 0.860. The van der Waals surface area contributed by atoms with Crippen LogP contribution in [0.5, 0.6) is 0 Å². The van der Waals surface area contributed by atoms with Crippen molar-refractivity contribution < 1.29 is 0 Å². The van der Waals surface area contributed by atoms with Gasteiger partial charge in [0.05, 0.1) is 5.69 Å². The summed E-state index contributed by atoms with van der Waals surface area (Å²) in [6, 6.07) is 2.03. The molecule has 0 aliphatic heterocycles. The Morgan fingerprint density at radius 2 is 2.38 bits per heavy atom. The second kappa shape index (κ2) is 1.15. The van der Waals surface area contributed by atoms with Crippen molar-refractivity contribution in [2.75, 3.05) is 0 Å². The monoisotopic (exact) mass is 103 g/mol. The van der Waals surface area contributed by atoms with E-state index in [2.05, 4.69) is 10.7 Å². The number of fused-ring (bicyclic) bond motifs is 1. The Hall–Kier alpha value is -1.20.